The molecule has 3 nitrogen and oxygen atoms in total. The summed E-state index contributed by atoms with van der Waals surface area (Å²) < 4.78 is 0. The standard InChI is InChI=1S/C13H14N2O/c1-15(9-11-2-3-11)13(16)12-6-4-10(8-14)5-7-12/h4-7,11H,2-3,9H2,1H3. The molecule has 0 saturated heterocycles. The number of carbonyl (C=O) groups excluding carboxylic acids is 1. The summed E-state index contributed by atoms with van der Waals surface area (Å²) in [6.45, 7) is 0.846. The lowest BCUT2D eigenvalue weighted by atomic mass is 10.1. The van der Waals surface area contributed by atoms with Crippen molar-refractivity contribution in [2.24, 2.45) is 5.92 Å². The lowest BCUT2D eigenvalue weighted by Crippen LogP contribution is -2.28. The number of nitriles is 1. The minimum absolute atomic E-state index is 0.0383. The van der Waals surface area contributed by atoms with Crippen LogP contribution >= 0.6 is 0 Å². The second kappa shape index (κ2) is 4.36. The summed E-state index contributed by atoms with van der Waals surface area (Å²) in [6.07, 6.45) is 2.48. The Hall–Kier alpha value is -1.82. The third-order valence-corrected chi connectivity index (χ3v) is 2.84. The second-order valence-electron chi connectivity index (χ2n) is 4.32. The summed E-state index contributed by atoms with van der Waals surface area (Å²) in [5.74, 6) is 0.740. The van der Waals surface area contributed by atoms with E-state index in [1.54, 1.807) is 29.2 Å². The Morgan fingerprint density at radius 1 is 1.44 bits per heavy atom. The van der Waals surface area contributed by atoms with Gasteiger partial charge in [-0.1, -0.05) is 0 Å². The van der Waals surface area contributed by atoms with Crippen LogP contribution in [0.2, 0.25) is 0 Å². The summed E-state index contributed by atoms with van der Waals surface area (Å²) in [6, 6.07) is 8.82. The zero-order valence-electron chi connectivity index (χ0n) is 9.31. The molecular formula is C13H14N2O. The number of benzene rings is 1. The van der Waals surface area contributed by atoms with Crippen LogP contribution in [0.3, 0.4) is 0 Å². The van der Waals surface area contributed by atoms with E-state index in [-0.39, 0.29) is 5.91 Å². The molecule has 1 aliphatic carbocycles. The number of nitrogens with zero attached hydrogens (tertiary/aromatic N) is 2. The summed E-state index contributed by atoms with van der Waals surface area (Å²) in [5, 5.41) is 8.66. The molecule has 16 heavy (non-hydrogen) atoms. The average Bonchev–Trinajstić information content (AvgIpc) is 3.12. The quantitative estimate of drug-likeness (QED) is 0.772. The van der Waals surface area contributed by atoms with Crippen LogP contribution in [0.1, 0.15) is 28.8 Å². The van der Waals surface area contributed by atoms with Crippen LogP contribution in [-0.2, 0) is 0 Å². The molecule has 0 bridgehead atoms. The number of rotatable bonds is 3. The van der Waals surface area contributed by atoms with Gasteiger partial charge in [-0.05, 0) is 43.0 Å². The third kappa shape index (κ3) is 2.40. The predicted molar refractivity (Wildman–Crippen MR) is 60.8 cm³/mol. The van der Waals surface area contributed by atoms with E-state index in [0.717, 1.165) is 6.54 Å². The first kappa shape index (κ1) is 10.7. The zero-order valence-corrected chi connectivity index (χ0v) is 9.31. The Kier molecular flexibility index (Phi) is 2.91. The van der Waals surface area contributed by atoms with Crippen LogP contribution < -0.4 is 0 Å². The fourth-order valence-corrected chi connectivity index (χ4v) is 1.68. The normalized spacial score (nSPS) is 14.2. The maximum absolute atomic E-state index is 12.0. The maximum Gasteiger partial charge on any atom is 0.253 e. The summed E-state index contributed by atoms with van der Waals surface area (Å²) >= 11 is 0. The van der Waals surface area contributed by atoms with E-state index < -0.39 is 0 Å². The number of hydrogen-bond donors (Lipinski definition) is 0. The Morgan fingerprint density at radius 3 is 2.56 bits per heavy atom. The molecule has 1 amide bonds. The number of carbonyl (C=O) groups is 1. The molecule has 1 saturated carbocycles. The molecule has 0 unspecified atom stereocenters. The first-order valence-corrected chi connectivity index (χ1v) is 5.46. The minimum atomic E-state index is 0.0383. The lowest BCUT2D eigenvalue weighted by molar-refractivity contribution is 0.0788. The van der Waals surface area contributed by atoms with Gasteiger partial charge in [0, 0.05) is 19.2 Å². The molecule has 0 aliphatic heterocycles. The molecule has 82 valence electrons. The van der Waals surface area contributed by atoms with Gasteiger partial charge in [0.15, 0.2) is 0 Å². The van der Waals surface area contributed by atoms with Gasteiger partial charge < -0.3 is 4.90 Å². The molecule has 1 fully saturated rings. The SMILES string of the molecule is CN(CC1CC1)C(=O)c1ccc(C#N)cc1. The monoisotopic (exact) mass is 214 g/mol. The van der Waals surface area contributed by atoms with Gasteiger partial charge in [-0.2, -0.15) is 5.26 Å². The van der Waals surface area contributed by atoms with Crippen molar-refractivity contribution >= 4 is 5.91 Å². The predicted octanol–water partition coefficient (Wildman–Crippen LogP) is 2.04. The van der Waals surface area contributed by atoms with Gasteiger partial charge in [0.05, 0.1) is 11.6 Å². The van der Waals surface area contributed by atoms with Crippen molar-refractivity contribution < 1.29 is 4.79 Å². The van der Waals surface area contributed by atoms with E-state index in [4.69, 9.17) is 5.26 Å². The van der Waals surface area contributed by atoms with Crippen molar-refractivity contribution in [2.75, 3.05) is 13.6 Å². The molecule has 0 aromatic heterocycles. The van der Waals surface area contributed by atoms with Gasteiger partial charge in [-0.3, -0.25) is 4.79 Å². The molecule has 1 aromatic carbocycles. The number of hydrogen-bond acceptors (Lipinski definition) is 2. The molecule has 1 aromatic rings. The van der Waals surface area contributed by atoms with Crippen LogP contribution in [0.25, 0.3) is 0 Å². The van der Waals surface area contributed by atoms with Gasteiger partial charge in [-0.15, -0.1) is 0 Å². The van der Waals surface area contributed by atoms with Crippen molar-refractivity contribution in [1.82, 2.24) is 4.90 Å². The first-order chi connectivity index (χ1) is 7.70. The van der Waals surface area contributed by atoms with Gasteiger partial charge in [0.2, 0.25) is 0 Å². The van der Waals surface area contributed by atoms with E-state index in [1.165, 1.54) is 12.8 Å². The largest absolute Gasteiger partial charge is 0.341 e. The van der Waals surface area contributed by atoms with E-state index in [0.29, 0.717) is 17.0 Å². The van der Waals surface area contributed by atoms with E-state index in [1.807, 2.05) is 13.1 Å². The zero-order chi connectivity index (χ0) is 11.5. The van der Waals surface area contributed by atoms with Crippen molar-refractivity contribution in [3.63, 3.8) is 0 Å². The fourth-order valence-electron chi connectivity index (χ4n) is 1.68. The lowest BCUT2D eigenvalue weighted by Gasteiger charge is -2.16. The van der Waals surface area contributed by atoms with Gasteiger partial charge in [-0.25, -0.2) is 0 Å². The van der Waals surface area contributed by atoms with Crippen LogP contribution in [0.5, 0.6) is 0 Å². The molecule has 2 rings (SSSR count). The van der Waals surface area contributed by atoms with Crippen molar-refractivity contribution in [3.8, 4) is 6.07 Å². The molecule has 0 N–H and O–H groups in total. The van der Waals surface area contributed by atoms with E-state index in [9.17, 15) is 4.79 Å². The highest BCUT2D eigenvalue weighted by atomic mass is 16.2. The van der Waals surface area contributed by atoms with Gasteiger partial charge >= 0.3 is 0 Å². The Bertz CT molecular complexity index is 426. The second-order valence-corrected chi connectivity index (χ2v) is 4.32. The van der Waals surface area contributed by atoms with Crippen LogP contribution in [0, 0.1) is 17.2 Å². The van der Waals surface area contributed by atoms with Crippen LogP contribution in [-0.4, -0.2) is 24.4 Å². The third-order valence-electron chi connectivity index (χ3n) is 2.84. The maximum atomic E-state index is 12.0. The highest BCUT2D eigenvalue weighted by Crippen LogP contribution is 2.29. The summed E-state index contributed by atoms with van der Waals surface area (Å²) in [5.41, 5.74) is 1.24. The Balaban J connectivity index is 2.04. The highest BCUT2D eigenvalue weighted by Gasteiger charge is 2.25. The Labute approximate surface area is 95.3 Å². The van der Waals surface area contributed by atoms with Crippen LogP contribution in [0.4, 0.5) is 0 Å². The van der Waals surface area contributed by atoms with Crippen molar-refractivity contribution in [3.05, 3.63) is 35.4 Å². The Morgan fingerprint density at radius 2 is 2.06 bits per heavy atom. The van der Waals surface area contributed by atoms with Gasteiger partial charge in [0.1, 0.15) is 0 Å². The summed E-state index contributed by atoms with van der Waals surface area (Å²) in [4.78, 5) is 13.7. The van der Waals surface area contributed by atoms with E-state index in [2.05, 4.69) is 0 Å². The molecule has 1 aliphatic rings. The highest BCUT2D eigenvalue weighted by molar-refractivity contribution is 5.94. The van der Waals surface area contributed by atoms with Crippen molar-refractivity contribution in [1.29, 1.82) is 5.26 Å². The minimum Gasteiger partial charge on any atom is -0.341 e. The fraction of sp³-hybridized carbons (Fsp3) is 0.385. The first-order valence-electron chi connectivity index (χ1n) is 5.46. The van der Waals surface area contributed by atoms with Crippen molar-refractivity contribution in [2.45, 2.75) is 12.8 Å². The molecule has 0 atom stereocenters. The van der Waals surface area contributed by atoms with E-state index >= 15 is 0 Å². The average molecular weight is 214 g/mol. The molecule has 0 heterocycles. The van der Waals surface area contributed by atoms with Crippen LogP contribution in [0.15, 0.2) is 24.3 Å². The topological polar surface area (TPSA) is 44.1 Å². The molecule has 0 radical (unpaired) electrons. The molecule has 0 spiro atoms. The van der Waals surface area contributed by atoms with Gasteiger partial charge in [0.25, 0.3) is 5.91 Å². The molecular weight excluding hydrogens is 200 g/mol. The summed E-state index contributed by atoms with van der Waals surface area (Å²) in [7, 11) is 1.83. The smallest absolute Gasteiger partial charge is 0.253 e. The number of amides is 1. The molecule has 3 heteroatoms.